The van der Waals surface area contributed by atoms with Crippen molar-refractivity contribution in [2.75, 3.05) is 0 Å². The fourth-order valence-electron chi connectivity index (χ4n) is 4.16. The molecule has 0 aliphatic carbocycles. The predicted molar refractivity (Wildman–Crippen MR) is 123 cm³/mol. The van der Waals surface area contributed by atoms with E-state index >= 15 is 0 Å². The average Bonchev–Trinajstić information content (AvgIpc) is 3.05. The van der Waals surface area contributed by atoms with Gasteiger partial charge < -0.3 is 0 Å². The second-order valence-corrected chi connectivity index (χ2v) is 9.12. The second kappa shape index (κ2) is 6.72. The van der Waals surface area contributed by atoms with Gasteiger partial charge in [0.1, 0.15) is 0 Å². The summed E-state index contributed by atoms with van der Waals surface area (Å²) >= 11 is 1.88. The molecule has 0 saturated heterocycles. The van der Waals surface area contributed by atoms with Crippen LogP contribution in [0, 0.1) is 12.8 Å². The minimum Gasteiger partial charge on any atom is -0.248 e. The Kier molecular flexibility index (Phi) is 4.17. The van der Waals surface area contributed by atoms with Gasteiger partial charge in [-0.25, -0.2) is 4.98 Å². The number of nitrogens with zero attached hydrogens (tertiary/aromatic N) is 1. The summed E-state index contributed by atoms with van der Waals surface area (Å²) in [7, 11) is 0. The fourth-order valence-corrected chi connectivity index (χ4v) is 5.36. The molecule has 0 aliphatic heterocycles. The van der Waals surface area contributed by atoms with Crippen molar-refractivity contribution in [3.63, 3.8) is 0 Å². The van der Waals surface area contributed by atoms with Gasteiger partial charge in [0.25, 0.3) is 0 Å². The molecule has 0 unspecified atom stereocenters. The number of aromatic nitrogens is 1. The van der Waals surface area contributed by atoms with Crippen molar-refractivity contribution < 1.29 is 0 Å². The quantitative estimate of drug-likeness (QED) is 0.311. The summed E-state index contributed by atoms with van der Waals surface area (Å²) in [5.74, 6) is 0.612. The number of rotatable bonds is 3. The van der Waals surface area contributed by atoms with Crippen molar-refractivity contribution in [1.82, 2.24) is 4.98 Å². The van der Waals surface area contributed by atoms with Crippen LogP contribution in [0.1, 0.15) is 25.0 Å². The van der Waals surface area contributed by atoms with Gasteiger partial charge in [0.2, 0.25) is 0 Å². The van der Waals surface area contributed by atoms with Gasteiger partial charge in [-0.2, -0.15) is 0 Å². The average molecular weight is 382 g/mol. The summed E-state index contributed by atoms with van der Waals surface area (Å²) < 4.78 is 2.68. The standard InChI is InChI=1S/C26H23NS/c1-16(2)12-18-15-24(27-23-10-6-4-8-19(18)23)22-14-17(3)13-21-20-9-5-7-11-25(20)28-26(21)22/h4-11,13-16H,12H2,1-3H3. The van der Waals surface area contributed by atoms with Gasteiger partial charge in [-0.3, -0.25) is 0 Å². The number of aryl methyl sites for hydroxylation is 1. The molecule has 0 bridgehead atoms. The maximum absolute atomic E-state index is 5.08. The monoisotopic (exact) mass is 381 g/mol. The van der Waals surface area contributed by atoms with E-state index in [4.69, 9.17) is 4.98 Å². The molecule has 28 heavy (non-hydrogen) atoms. The van der Waals surface area contributed by atoms with Crippen LogP contribution >= 0.6 is 11.3 Å². The first-order valence-electron chi connectivity index (χ1n) is 9.91. The molecule has 2 aromatic heterocycles. The summed E-state index contributed by atoms with van der Waals surface area (Å²) in [6, 6.07) is 24.2. The summed E-state index contributed by atoms with van der Waals surface area (Å²) in [5, 5.41) is 3.96. The zero-order valence-corrected chi connectivity index (χ0v) is 17.3. The van der Waals surface area contributed by atoms with E-state index in [0.29, 0.717) is 5.92 Å². The Bertz CT molecular complexity index is 1330. The Labute approximate surface area is 169 Å². The molecule has 2 heteroatoms. The van der Waals surface area contributed by atoms with Crippen LogP contribution in [-0.4, -0.2) is 4.98 Å². The minimum absolute atomic E-state index is 0.612. The number of fused-ring (bicyclic) bond motifs is 4. The lowest BCUT2D eigenvalue weighted by Crippen LogP contribution is -1.98. The Morgan fingerprint density at radius 2 is 1.61 bits per heavy atom. The Morgan fingerprint density at radius 1 is 0.857 bits per heavy atom. The molecular formula is C26H23NS. The van der Waals surface area contributed by atoms with Gasteiger partial charge in [-0.05, 0) is 60.7 Å². The third-order valence-corrected chi connectivity index (χ3v) is 6.55. The Hall–Kier alpha value is -2.71. The molecule has 0 radical (unpaired) electrons. The zero-order chi connectivity index (χ0) is 19.3. The topological polar surface area (TPSA) is 12.9 Å². The second-order valence-electron chi connectivity index (χ2n) is 8.07. The third-order valence-electron chi connectivity index (χ3n) is 5.33. The molecule has 138 valence electrons. The highest BCUT2D eigenvalue weighted by Crippen LogP contribution is 2.41. The van der Waals surface area contributed by atoms with E-state index in [1.807, 2.05) is 11.3 Å². The van der Waals surface area contributed by atoms with Gasteiger partial charge in [0.05, 0.1) is 11.2 Å². The minimum atomic E-state index is 0.612. The molecule has 5 rings (SSSR count). The van der Waals surface area contributed by atoms with Crippen molar-refractivity contribution in [2.24, 2.45) is 5.92 Å². The molecule has 0 aliphatic rings. The molecular weight excluding hydrogens is 358 g/mol. The van der Waals surface area contributed by atoms with Crippen molar-refractivity contribution >= 4 is 42.4 Å². The van der Waals surface area contributed by atoms with Crippen LogP contribution in [0.4, 0.5) is 0 Å². The number of para-hydroxylation sites is 1. The van der Waals surface area contributed by atoms with E-state index < -0.39 is 0 Å². The normalized spacial score (nSPS) is 11.9. The predicted octanol–water partition coefficient (Wildman–Crippen LogP) is 7.78. The summed E-state index contributed by atoms with van der Waals surface area (Å²) in [6.45, 7) is 6.75. The molecule has 3 aromatic carbocycles. The maximum Gasteiger partial charge on any atom is 0.0727 e. The van der Waals surface area contributed by atoms with E-state index in [1.54, 1.807) is 0 Å². The van der Waals surface area contributed by atoms with Crippen LogP contribution < -0.4 is 0 Å². The van der Waals surface area contributed by atoms with E-state index in [2.05, 4.69) is 87.5 Å². The van der Waals surface area contributed by atoms with Gasteiger partial charge in [0.15, 0.2) is 0 Å². The van der Waals surface area contributed by atoms with Crippen molar-refractivity contribution in [3.8, 4) is 11.3 Å². The van der Waals surface area contributed by atoms with E-state index in [1.165, 1.54) is 42.2 Å². The van der Waals surface area contributed by atoms with Gasteiger partial charge in [-0.15, -0.1) is 11.3 Å². The van der Waals surface area contributed by atoms with Gasteiger partial charge in [-0.1, -0.05) is 50.2 Å². The lowest BCUT2D eigenvalue weighted by atomic mass is 9.96. The first kappa shape index (κ1) is 17.4. The SMILES string of the molecule is Cc1cc(-c2cc(CC(C)C)c3ccccc3n2)c2sc3ccccc3c2c1. The van der Waals surface area contributed by atoms with Crippen LogP contribution in [0.25, 0.3) is 42.3 Å². The number of thiophene rings is 1. The highest BCUT2D eigenvalue weighted by molar-refractivity contribution is 7.26. The summed E-state index contributed by atoms with van der Waals surface area (Å²) in [4.78, 5) is 5.08. The fraction of sp³-hybridized carbons (Fsp3) is 0.192. The first-order chi connectivity index (χ1) is 13.6. The highest BCUT2D eigenvalue weighted by atomic mass is 32.1. The largest absolute Gasteiger partial charge is 0.248 e. The number of hydrogen-bond acceptors (Lipinski definition) is 2. The first-order valence-corrected chi connectivity index (χ1v) is 10.7. The molecule has 0 N–H and O–H groups in total. The third kappa shape index (κ3) is 2.89. The van der Waals surface area contributed by atoms with Gasteiger partial charge in [0, 0.05) is 31.1 Å². The van der Waals surface area contributed by atoms with Crippen LogP contribution in [0.3, 0.4) is 0 Å². The molecule has 2 heterocycles. The van der Waals surface area contributed by atoms with Gasteiger partial charge >= 0.3 is 0 Å². The van der Waals surface area contributed by atoms with Crippen LogP contribution in [0.15, 0.2) is 66.7 Å². The molecule has 0 atom stereocenters. The summed E-state index contributed by atoms with van der Waals surface area (Å²) in [6.07, 6.45) is 1.07. The Morgan fingerprint density at radius 3 is 2.43 bits per heavy atom. The number of hydrogen-bond donors (Lipinski definition) is 0. The lowest BCUT2D eigenvalue weighted by Gasteiger charge is -2.13. The van der Waals surface area contributed by atoms with Crippen molar-refractivity contribution in [1.29, 1.82) is 0 Å². The van der Waals surface area contributed by atoms with Crippen LogP contribution in [0.5, 0.6) is 0 Å². The Balaban J connectivity index is 1.83. The smallest absolute Gasteiger partial charge is 0.0727 e. The maximum atomic E-state index is 5.08. The molecule has 0 saturated carbocycles. The molecule has 0 spiro atoms. The van der Waals surface area contributed by atoms with E-state index in [-0.39, 0.29) is 0 Å². The zero-order valence-electron chi connectivity index (χ0n) is 16.5. The van der Waals surface area contributed by atoms with Crippen LogP contribution in [0.2, 0.25) is 0 Å². The van der Waals surface area contributed by atoms with Crippen molar-refractivity contribution in [3.05, 3.63) is 77.9 Å². The number of benzene rings is 3. The lowest BCUT2D eigenvalue weighted by molar-refractivity contribution is 0.650. The molecule has 1 nitrogen and oxygen atoms in total. The molecule has 0 amide bonds. The molecule has 5 aromatic rings. The molecule has 0 fully saturated rings. The van der Waals surface area contributed by atoms with Crippen LogP contribution in [-0.2, 0) is 6.42 Å². The number of pyridine rings is 1. The summed E-state index contributed by atoms with van der Waals surface area (Å²) in [5.41, 5.74) is 6.12. The van der Waals surface area contributed by atoms with Crippen molar-refractivity contribution in [2.45, 2.75) is 27.2 Å². The highest BCUT2D eigenvalue weighted by Gasteiger charge is 2.15. The van der Waals surface area contributed by atoms with E-state index in [0.717, 1.165) is 17.6 Å². The van der Waals surface area contributed by atoms with E-state index in [9.17, 15) is 0 Å².